The molecule has 0 aliphatic rings. The zero-order valence-electron chi connectivity index (χ0n) is 13.4. The van der Waals surface area contributed by atoms with Gasteiger partial charge in [0.1, 0.15) is 5.75 Å². The number of methoxy groups -OCH3 is 1. The normalized spacial score (nSPS) is 11.1. The molecule has 23 heavy (non-hydrogen) atoms. The van der Waals surface area contributed by atoms with Gasteiger partial charge in [0, 0.05) is 12.5 Å². The highest BCUT2D eigenvalue weighted by Gasteiger charge is 2.16. The minimum absolute atomic E-state index is 0.400. The molecular formula is C19H19NO3. The summed E-state index contributed by atoms with van der Waals surface area (Å²) in [6.07, 6.45) is 0. The fourth-order valence-corrected chi connectivity index (χ4v) is 2.18. The minimum Gasteiger partial charge on any atom is -0.495 e. The van der Waals surface area contributed by atoms with Gasteiger partial charge in [0.25, 0.3) is 0 Å². The molecule has 0 aliphatic heterocycles. The first-order valence-corrected chi connectivity index (χ1v) is 7.26. The molecule has 0 bridgehead atoms. The maximum Gasteiger partial charge on any atom is 0.243 e. The van der Waals surface area contributed by atoms with Crippen LogP contribution >= 0.6 is 0 Å². The molecular weight excluding hydrogens is 290 g/mol. The fraction of sp³-hybridized carbons (Fsp3) is 0.211. The average Bonchev–Trinajstić information content (AvgIpc) is 2.59. The van der Waals surface area contributed by atoms with Gasteiger partial charge in [-0.1, -0.05) is 36.1 Å². The van der Waals surface area contributed by atoms with Crippen LogP contribution in [0.2, 0.25) is 0 Å². The highest BCUT2D eigenvalue weighted by molar-refractivity contribution is 5.72. The third-order valence-electron chi connectivity index (χ3n) is 3.51. The largest absolute Gasteiger partial charge is 0.495 e. The number of hydrogen-bond acceptors (Lipinski definition) is 3. The van der Waals surface area contributed by atoms with E-state index in [1.54, 1.807) is 14.0 Å². The molecule has 2 aromatic rings. The molecule has 0 saturated carbocycles. The molecule has 0 fully saturated rings. The Labute approximate surface area is 136 Å². The number of para-hydroxylation sites is 1. The summed E-state index contributed by atoms with van der Waals surface area (Å²) in [6.45, 7) is 3.08. The average molecular weight is 309 g/mol. The number of hydroxylamine groups is 2. The quantitative estimate of drug-likeness (QED) is 0.537. The number of nitrogens with zero attached hydrogens (tertiary/aromatic N) is 1. The van der Waals surface area contributed by atoms with Crippen molar-refractivity contribution < 1.29 is 14.7 Å². The van der Waals surface area contributed by atoms with Gasteiger partial charge in [0.15, 0.2) is 0 Å². The van der Waals surface area contributed by atoms with Gasteiger partial charge < -0.3 is 4.74 Å². The lowest BCUT2D eigenvalue weighted by molar-refractivity contribution is -0.172. The summed E-state index contributed by atoms with van der Waals surface area (Å²) in [7, 11) is 1.61. The number of benzene rings is 2. The molecule has 2 rings (SSSR count). The van der Waals surface area contributed by atoms with Crippen LogP contribution in [-0.2, 0) is 4.79 Å². The van der Waals surface area contributed by atoms with Gasteiger partial charge in [0.05, 0.1) is 18.7 Å². The topological polar surface area (TPSA) is 49.8 Å². The van der Waals surface area contributed by atoms with Gasteiger partial charge in [-0.3, -0.25) is 10.0 Å². The first-order chi connectivity index (χ1) is 11.0. The Morgan fingerprint density at radius 1 is 1.17 bits per heavy atom. The van der Waals surface area contributed by atoms with Gasteiger partial charge >= 0.3 is 0 Å². The third kappa shape index (κ3) is 4.12. The summed E-state index contributed by atoms with van der Waals surface area (Å²) >= 11 is 0. The molecule has 0 aromatic heterocycles. The number of rotatable bonds is 3. The second kappa shape index (κ2) is 7.48. The lowest BCUT2D eigenvalue weighted by Gasteiger charge is -2.21. The van der Waals surface area contributed by atoms with Crippen molar-refractivity contribution in [3.8, 4) is 17.6 Å². The molecule has 1 amide bonds. The van der Waals surface area contributed by atoms with Crippen LogP contribution < -0.4 is 4.74 Å². The Balaban J connectivity index is 2.28. The summed E-state index contributed by atoms with van der Waals surface area (Å²) in [5.41, 5.74) is 2.42. The molecule has 118 valence electrons. The summed E-state index contributed by atoms with van der Waals surface area (Å²) in [4.78, 5) is 11.3. The maximum absolute atomic E-state index is 11.3. The van der Waals surface area contributed by atoms with Gasteiger partial charge in [-0.2, -0.15) is 0 Å². The predicted molar refractivity (Wildman–Crippen MR) is 88.1 cm³/mol. The van der Waals surface area contributed by atoms with Gasteiger partial charge in [-0.05, 0) is 36.8 Å². The van der Waals surface area contributed by atoms with Crippen molar-refractivity contribution in [2.75, 3.05) is 7.11 Å². The van der Waals surface area contributed by atoms with E-state index in [9.17, 15) is 10.0 Å². The Morgan fingerprint density at radius 3 is 2.61 bits per heavy atom. The highest BCUT2D eigenvalue weighted by atomic mass is 16.5. The van der Waals surface area contributed by atoms with Crippen LogP contribution in [0.5, 0.6) is 5.75 Å². The van der Waals surface area contributed by atoms with Crippen LogP contribution in [0.1, 0.15) is 36.6 Å². The molecule has 0 aliphatic carbocycles. The van der Waals surface area contributed by atoms with Gasteiger partial charge in [-0.15, -0.1) is 0 Å². The maximum atomic E-state index is 11.3. The molecule has 2 aromatic carbocycles. The Hall–Kier alpha value is -2.77. The predicted octanol–water partition coefficient (Wildman–Crippen LogP) is 3.39. The lowest BCUT2D eigenvalue weighted by Crippen LogP contribution is -2.27. The van der Waals surface area contributed by atoms with Crippen LogP contribution in [0, 0.1) is 11.8 Å². The molecule has 0 radical (unpaired) electrons. The van der Waals surface area contributed by atoms with E-state index in [4.69, 9.17) is 4.74 Å². The molecule has 1 unspecified atom stereocenters. The number of carbonyl (C=O) groups is 1. The van der Waals surface area contributed by atoms with Crippen LogP contribution in [0.3, 0.4) is 0 Å². The number of amides is 1. The minimum atomic E-state index is -0.430. The van der Waals surface area contributed by atoms with Gasteiger partial charge in [0.2, 0.25) is 5.91 Å². The number of hydrogen-bond donors (Lipinski definition) is 1. The van der Waals surface area contributed by atoms with Crippen molar-refractivity contribution in [3.05, 3.63) is 65.2 Å². The van der Waals surface area contributed by atoms with Gasteiger partial charge in [-0.25, -0.2) is 5.06 Å². The van der Waals surface area contributed by atoms with Crippen LogP contribution in [0.25, 0.3) is 0 Å². The third-order valence-corrected chi connectivity index (χ3v) is 3.51. The number of ether oxygens (including phenoxy) is 1. The van der Waals surface area contributed by atoms with Crippen molar-refractivity contribution in [2.45, 2.75) is 19.9 Å². The highest BCUT2D eigenvalue weighted by Crippen LogP contribution is 2.20. The molecule has 1 atom stereocenters. The first-order valence-electron chi connectivity index (χ1n) is 7.26. The standard InChI is InChI=1S/C19H19NO3/c1-14(20(22)15(2)21)18-9-6-7-16(13-18)11-12-17-8-4-5-10-19(17)23-3/h4-10,13-14,22H,1-3H3. The Kier molecular flexibility index (Phi) is 5.40. The van der Waals surface area contributed by atoms with E-state index in [1.807, 2.05) is 48.5 Å². The van der Waals surface area contributed by atoms with Crippen LogP contribution in [0.15, 0.2) is 48.5 Å². The molecule has 0 heterocycles. The lowest BCUT2D eigenvalue weighted by atomic mass is 10.0. The molecule has 1 N–H and O–H groups in total. The smallest absolute Gasteiger partial charge is 0.243 e. The van der Waals surface area contributed by atoms with E-state index >= 15 is 0 Å². The fourth-order valence-electron chi connectivity index (χ4n) is 2.18. The van der Waals surface area contributed by atoms with E-state index < -0.39 is 11.9 Å². The Morgan fingerprint density at radius 2 is 1.91 bits per heavy atom. The van der Waals surface area contributed by atoms with E-state index in [0.717, 1.165) is 22.4 Å². The second-order valence-electron chi connectivity index (χ2n) is 5.12. The molecule has 4 nitrogen and oxygen atoms in total. The second-order valence-corrected chi connectivity index (χ2v) is 5.12. The van der Waals surface area contributed by atoms with E-state index in [-0.39, 0.29) is 0 Å². The van der Waals surface area contributed by atoms with Crippen molar-refractivity contribution in [1.29, 1.82) is 0 Å². The molecule has 0 saturated heterocycles. The summed E-state index contributed by atoms with van der Waals surface area (Å²) in [6, 6.07) is 14.6. The monoisotopic (exact) mass is 309 g/mol. The van der Waals surface area contributed by atoms with Crippen molar-refractivity contribution in [1.82, 2.24) is 5.06 Å². The number of carbonyl (C=O) groups excluding carboxylic acids is 1. The zero-order chi connectivity index (χ0) is 16.8. The molecule has 0 spiro atoms. The van der Waals surface area contributed by atoms with Crippen molar-refractivity contribution in [3.63, 3.8) is 0 Å². The van der Waals surface area contributed by atoms with E-state index in [1.165, 1.54) is 6.92 Å². The van der Waals surface area contributed by atoms with Crippen LogP contribution in [0.4, 0.5) is 0 Å². The Bertz CT molecular complexity index is 758. The summed E-state index contributed by atoms with van der Waals surface area (Å²) < 4.78 is 5.27. The van der Waals surface area contributed by atoms with Crippen LogP contribution in [-0.4, -0.2) is 23.3 Å². The van der Waals surface area contributed by atoms with Crippen molar-refractivity contribution in [2.24, 2.45) is 0 Å². The first kappa shape index (κ1) is 16.6. The van der Waals surface area contributed by atoms with Crippen molar-refractivity contribution >= 4 is 5.91 Å². The van der Waals surface area contributed by atoms with E-state index in [2.05, 4.69) is 11.8 Å². The molecule has 4 heteroatoms. The zero-order valence-corrected chi connectivity index (χ0v) is 13.4. The summed E-state index contributed by atoms with van der Waals surface area (Å²) in [5.74, 6) is 6.49. The van der Waals surface area contributed by atoms with E-state index in [0.29, 0.717) is 5.06 Å². The summed E-state index contributed by atoms with van der Waals surface area (Å²) in [5, 5.41) is 10.5. The SMILES string of the molecule is COc1ccccc1C#Cc1cccc(C(C)N(O)C(C)=O)c1.